The summed E-state index contributed by atoms with van der Waals surface area (Å²) in [5, 5.41) is 10.8. The van der Waals surface area contributed by atoms with Crippen molar-refractivity contribution in [3.05, 3.63) is 87.5 Å². The molecule has 3 nitrogen and oxygen atoms in total. The summed E-state index contributed by atoms with van der Waals surface area (Å²) in [5.74, 6) is 0.766. The highest BCUT2D eigenvalue weighted by molar-refractivity contribution is 7.99. The Morgan fingerprint density at radius 1 is 1.08 bits per heavy atom. The van der Waals surface area contributed by atoms with Crippen LogP contribution in [0, 0.1) is 10.1 Å². The third-order valence-corrected chi connectivity index (χ3v) is 5.15. The fraction of sp³-hybridized carbons (Fsp3) is 0.333. The van der Waals surface area contributed by atoms with E-state index in [1.54, 1.807) is 11.8 Å². The molecule has 0 amide bonds. The van der Waals surface area contributed by atoms with Gasteiger partial charge in [-0.1, -0.05) is 87.5 Å². The molecule has 1 atom stereocenters. The first-order chi connectivity index (χ1) is 11.8. The van der Waals surface area contributed by atoms with Crippen molar-refractivity contribution in [3.63, 3.8) is 0 Å². The van der Waals surface area contributed by atoms with Crippen molar-refractivity contribution < 1.29 is 4.92 Å². The topological polar surface area (TPSA) is 43.1 Å². The molecular weight excluding hydrogens is 330 g/mol. The first-order valence-corrected chi connectivity index (χ1v) is 9.45. The maximum Gasteiger partial charge on any atom is 0.219 e. The van der Waals surface area contributed by atoms with Crippen LogP contribution >= 0.6 is 11.8 Å². The predicted octanol–water partition coefficient (Wildman–Crippen LogP) is 5.58. The van der Waals surface area contributed by atoms with Crippen molar-refractivity contribution in [3.8, 4) is 0 Å². The molecule has 2 rings (SSSR count). The van der Waals surface area contributed by atoms with Crippen molar-refractivity contribution in [2.45, 2.75) is 37.2 Å². The lowest BCUT2D eigenvalue weighted by Crippen LogP contribution is -2.14. The zero-order chi connectivity index (χ0) is 18.3. The Kier molecular flexibility index (Phi) is 6.82. The van der Waals surface area contributed by atoms with Gasteiger partial charge in [0.15, 0.2) is 0 Å². The lowest BCUT2D eigenvalue weighted by molar-refractivity contribution is -0.477. The molecule has 2 aromatic carbocycles. The van der Waals surface area contributed by atoms with Gasteiger partial charge in [-0.25, -0.2) is 0 Å². The zero-order valence-corrected chi connectivity index (χ0v) is 15.8. The second-order valence-corrected chi connectivity index (χ2v) is 8.31. The van der Waals surface area contributed by atoms with E-state index in [4.69, 9.17) is 0 Å². The van der Waals surface area contributed by atoms with Gasteiger partial charge < -0.3 is 0 Å². The number of rotatable bonds is 7. The van der Waals surface area contributed by atoms with Crippen LogP contribution in [0.1, 0.15) is 37.5 Å². The minimum absolute atomic E-state index is 0.0614. The third kappa shape index (κ3) is 6.75. The second-order valence-electron chi connectivity index (χ2n) is 7.08. The van der Waals surface area contributed by atoms with Crippen molar-refractivity contribution in [1.82, 2.24) is 0 Å². The maximum atomic E-state index is 10.9. The highest BCUT2D eigenvalue weighted by atomic mass is 32.2. The van der Waals surface area contributed by atoms with Crippen LogP contribution < -0.4 is 0 Å². The summed E-state index contributed by atoms with van der Waals surface area (Å²) in [7, 11) is 0. The Morgan fingerprint density at radius 3 is 2.28 bits per heavy atom. The van der Waals surface area contributed by atoms with Crippen molar-refractivity contribution in [2.75, 3.05) is 6.54 Å². The SMILES string of the molecule is CC(C)(C)c1ccc(CS[C@@H](/C=C/c2ccccc2)C[N+](=O)[O-])cc1. The molecule has 0 bridgehead atoms. The van der Waals surface area contributed by atoms with Gasteiger partial charge in [-0.05, 0) is 22.1 Å². The summed E-state index contributed by atoms with van der Waals surface area (Å²) in [4.78, 5) is 10.7. The average Bonchev–Trinajstić information content (AvgIpc) is 2.57. The van der Waals surface area contributed by atoms with E-state index in [9.17, 15) is 10.1 Å². The third-order valence-electron chi connectivity index (χ3n) is 3.92. The molecule has 0 fully saturated rings. The molecule has 0 saturated carbocycles. The number of nitrogens with zero attached hydrogens (tertiary/aromatic N) is 1. The van der Waals surface area contributed by atoms with Gasteiger partial charge in [-0.3, -0.25) is 10.1 Å². The average molecular weight is 356 g/mol. The minimum atomic E-state index is -0.240. The zero-order valence-electron chi connectivity index (χ0n) is 15.0. The molecule has 0 aliphatic heterocycles. The minimum Gasteiger partial charge on any atom is -0.264 e. The van der Waals surface area contributed by atoms with Gasteiger partial charge in [0.25, 0.3) is 0 Å². The largest absolute Gasteiger partial charge is 0.264 e. The van der Waals surface area contributed by atoms with Crippen LogP contribution in [0.2, 0.25) is 0 Å². The lowest BCUT2D eigenvalue weighted by atomic mass is 9.87. The standard InChI is InChI=1S/C21H25NO2S/c1-21(2,3)19-12-9-18(10-13-19)16-25-20(15-22(23)24)14-11-17-7-5-4-6-8-17/h4-14,20H,15-16H2,1-3H3/b14-11+/t20-/m0/s1. The molecule has 132 valence electrons. The van der Waals surface area contributed by atoms with Crippen molar-refractivity contribution >= 4 is 17.8 Å². The Hall–Kier alpha value is -2.07. The van der Waals surface area contributed by atoms with Crippen LogP contribution in [-0.4, -0.2) is 16.7 Å². The van der Waals surface area contributed by atoms with Gasteiger partial charge in [0, 0.05) is 10.7 Å². The molecule has 0 aliphatic carbocycles. The fourth-order valence-corrected chi connectivity index (χ4v) is 3.42. The summed E-state index contributed by atoms with van der Waals surface area (Å²) in [6, 6.07) is 18.4. The number of thioether (sulfide) groups is 1. The van der Waals surface area contributed by atoms with Gasteiger partial charge in [-0.2, -0.15) is 0 Å². The summed E-state index contributed by atoms with van der Waals surface area (Å²) >= 11 is 1.61. The molecule has 0 aromatic heterocycles. The molecular formula is C21H25NO2S. The van der Waals surface area contributed by atoms with Crippen LogP contribution in [0.3, 0.4) is 0 Å². The van der Waals surface area contributed by atoms with Crippen molar-refractivity contribution in [1.29, 1.82) is 0 Å². The number of hydrogen-bond acceptors (Lipinski definition) is 3. The van der Waals surface area contributed by atoms with Gasteiger partial charge in [0.1, 0.15) is 0 Å². The van der Waals surface area contributed by atoms with E-state index in [0.717, 1.165) is 11.3 Å². The van der Waals surface area contributed by atoms with Gasteiger partial charge in [0.2, 0.25) is 6.54 Å². The summed E-state index contributed by atoms with van der Waals surface area (Å²) in [6.45, 7) is 6.52. The molecule has 4 heteroatoms. The van der Waals surface area contributed by atoms with Crippen LogP contribution in [0.25, 0.3) is 6.08 Å². The number of nitro groups is 1. The Labute approximate surface area is 154 Å². The Bertz CT molecular complexity index is 703. The van der Waals surface area contributed by atoms with E-state index in [1.165, 1.54) is 11.1 Å². The highest BCUT2D eigenvalue weighted by Crippen LogP contribution is 2.25. The van der Waals surface area contributed by atoms with Crippen LogP contribution in [0.15, 0.2) is 60.7 Å². The Morgan fingerprint density at radius 2 is 1.72 bits per heavy atom. The monoisotopic (exact) mass is 355 g/mol. The summed E-state index contributed by atoms with van der Waals surface area (Å²) in [5.41, 5.74) is 3.69. The molecule has 25 heavy (non-hydrogen) atoms. The Balaban J connectivity index is 2.00. The number of hydrogen-bond donors (Lipinski definition) is 0. The maximum absolute atomic E-state index is 10.9. The van der Waals surface area contributed by atoms with E-state index in [-0.39, 0.29) is 22.1 Å². The van der Waals surface area contributed by atoms with Crippen LogP contribution in [-0.2, 0) is 11.2 Å². The molecule has 0 N–H and O–H groups in total. The molecule has 0 spiro atoms. The first-order valence-electron chi connectivity index (χ1n) is 8.40. The molecule has 0 saturated heterocycles. The summed E-state index contributed by atoms with van der Waals surface area (Å²) < 4.78 is 0. The van der Waals surface area contributed by atoms with Gasteiger partial charge in [0.05, 0.1) is 5.25 Å². The quantitative estimate of drug-likeness (QED) is 0.481. The molecule has 0 heterocycles. The highest BCUT2D eigenvalue weighted by Gasteiger charge is 2.15. The van der Waals surface area contributed by atoms with E-state index in [1.807, 2.05) is 42.5 Å². The molecule has 0 radical (unpaired) electrons. The van der Waals surface area contributed by atoms with E-state index in [2.05, 4.69) is 45.0 Å². The molecule has 2 aromatic rings. The van der Waals surface area contributed by atoms with E-state index < -0.39 is 0 Å². The normalized spacial score (nSPS) is 13.1. The molecule has 0 aliphatic rings. The van der Waals surface area contributed by atoms with Gasteiger partial charge in [-0.15, -0.1) is 11.8 Å². The fourth-order valence-electron chi connectivity index (χ4n) is 2.40. The smallest absolute Gasteiger partial charge is 0.219 e. The van der Waals surface area contributed by atoms with Crippen LogP contribution in [0.5, 0.6) is 0 Å². The lowest BCUT2D eigenvalue weighted by Gasteiger charge is -2.19. The summed E-state index contributed by atoms with van der Waals surface area (Å²) in [6.07, 6.45) is 3.90. The predicted molar refractivity (Wildman–Crippen MR) is 108 cm³/mol. The molecule has 0 unspecified atom stereocenters. The van der Waals surface area contributed by atoms with Crippen LogP contribution in [0.4, 0.5) is 0 Å². The second kappa shape index (κ2) is 8.86. The first kappa shape index (κ1) is 19.3. The van der Waals surface area contributed by atoms with E-state index >= 15 is 0 Å². The van der Waals surface area contributed by atoms with E-state index in [0.29, 0.717) is 0 Å². The van der Waals surface area contributed by atoms with Crippen molar-refractivity contribution in [2.24, 2.45) is 0 Å². The number of benzene rings is 2. The van der Waals surface area contributed by atoms with Gasteiger partial charge >= 0.3 is 0 Å².